The first-order chi connectivity index (χ1) is 7.86. The monoisotopic (exact) mass is 213 g/mol. The van der Waals surface area contributed by atoms with Gasteiger partial charge < -0.3 is 0 Å². The van der Waals surface area contributed by atoms with E-state index >= 15 is 0 Å². The molecule has 0 amide bonds. The Hall–Kier alpha value is -1.63. The van der Waals surface area contributed by atoms with Gasteiger partial charge in [0.15, 0.2) is 0 Å². The summed E-state index contributed by atoms with van der Waals surface area (Å²) in [6.07, 6.45) is 4.76. The normalized spacial score (nSPS) is 9.19. The lowest BCUT2D eigenvalue weighted by Gasteiger charge is -2.04. The van der Waals surface area contributed by atoms with Crippen molar-refractivity contribution in [1.82, 2.24) is 4.98 Å². The smallest absolute Gasteiger partial charge is 0.0305 e. The van der Waals surface area contributed by atoms with Crippen LogP contribution < -0.4 is 0 Å². The number of nitrogens with zero attached hydrogens (tertiary/aromatic N) is 1. The number of aromatic nitrogens is 1. The third-order valence-electron chi connectivity index (χ3n) is 2.38. The first-order valence-corrected chi connectivity index (χ1v) is 5.79. The van der Waals surface area contributed by atoms with Gasteiger partial charge in [0.05, 0.1) is 0 Å². The van der Waals surface area contributed by atoms with Crippen LogP contribution in [0.15, 0.2) is 48.8 Å². The topological polar surface area (TPSA) is 12.9 Å². The van der Waals surface area contributed by atoms with Crippen LogP contribution in [0.5, 0.6) is 0 Å². The summed E-state index contributed by atoms with van der Waals surface area (Å²) in [5.41, 5.74) is 3.95. The summed E-state index contributed by atoms with van der Waals surface area (Å²) in [5.74, 6) is 0. The highest BCUT2D eigenvalue weighted by molar-refractivity contribution is 5.29. The number of rotatable bonds is 2. The number of aryl methyl sites for hydroxylation is 1. The van der Waals surface area contributed by atoms with E-state index in [2.05, 4.69) is 42.2 Å². The molecule has 2 aromatic rings. The maximum atomic E-state index is 4.14. The van der Waals surface area contributed by atoms with Gasteiger partial charge in [0.2, 0.25) is 0 Å². The fourth-order valence-corrected chi connectivity index (χ4v) is 1.50. The van der Waals surface area contributed by atoms with E-state index in [4.69, 9.17) is 0 Å². The Morgan fingerprint density at radius 1 is 1.00 bits per heavy atom. The molecule has 0 atom stereocenters. The molecule has 1 aromatic carbocycles. The molecule has 0 saturated carbocycles. The summed E-state index contributed by atoms with van der Waals surface area (Å²) in [5, 5.41) is 0. The molecule has 1 heteroatoms. The number of hydrogen-bond acceptors (Lipinski definition) is 1. The molecule has 0 fully saturated rings. The molecule has 1 nitrogen and oxygen atoms in total. The van der Waals surface area contributed by atoms with Gasteiger partial charge in [0, 0.05) is 12.4 Å². The van der Waals surface area contributed by atoms with E-state index in [1.54, 1.807) is 0 Å². The molecule has 0 aliphatic rings. The lowest BCUT2D eigenvalue weighted by Crippen LogP contribution is -1.92. The first-order valence-electron chi connectivity index (χ1n) is 5.79. The molecular formula is C15H19N. The predicted octanol–water partition coefficient (Wildman–Crippen LogP) is 4.01. The van der Waals surface area contributed by atoms with Crippen molar-refractivity contribution < 1.29 is 0 Å². The third-order valence-corrected chi connectivity index (χ3v) is 2.38. The van der Waals surface area contributed by atoms with Gasteiger partial charge in [-0.3, -0.25) is 4.98 Å². The minimum Gasteiger partial charge on any atom is -0.264 e. The SMILES string of the molecule is CC.Cc1ccncc1Cc1ccccc1. The Morgan fingerprint density at radius 3 is 2.31 bits per heavy atom. The van der Waals surface area contributed by atoms with Crippen molar-refractivity contribution in [1.29, 1.82) is 0 Å². The maximum Gasteiger partial charge on any atom is 0.0305 e. The van der Waals surface area contributed by atoms with Crippen LogP contribution in [-0.2, 0) is 6.42 Å². The molecule has 0 saturated heterocycles. The second-order valence-electron chi connectivity index (χ2n) is 3.46. The van der Waals surface area contributed by atoms with Gasteiger partial charge in [-0.1, -0.05) is 44.2 Å². The average molecular weight is 213 g/mol. The van der Waals surface area contributed by atoms with Crippen LogP contribution in [0.2, 0.25) is 0 Å². The largest absolute Gasteiger partial charge is 0.264 e. The van der Waals surface area contributed by atoms with Crippen LogP contribution in [0.1, 0.15) is 30.5 Å². The quantitative estimate of drug-likeness (QED) is 0.734. The minimum atomic E-state index is 0.973. The van der Waals surface area contributed by atoms with E-state index in [9.17, 15) is 0 Å². The Balaban J connectivity index is 0.000000606. The second-order valence-corrected chi connectivity index (χ2v) is 3.46. The van der Waals surface area contributed by atoms with E-state index in [1.807, 2.05) is 32.3 Å². The Labute approximate surface area is 98.2 Å². The molecule has 0 unspecified atom stereocenters. The molecule has 1 aromatic heterocycles. The van der Waals surface area contributed by atoms with E-state index < -0.39 is 0 Å². The fourth-order valence-electron chi connectivity index (χ4n) is 1.50. The molecule has 0 bridgehead atoms. The van der Waals surface area contributed by atoms with Gasteiger partial charge in [-0.2, -0.15) is 0 Å². The van der Waals surface area contributed by atoms with Crippen molar-refractivity contribution in [2.24, 2.45) is 0 Å². The highest BCUT2D eigenvalue weighted by Gasteiger charge is 1.98. The Morgan fingerprint density at radius 2 is 1.69 bits per heavy atom. The highest BCUT2D eigenvalue weighted by atomic mass is 14.6. The predicted molar refractivity (Wildman–Crippen MR) is 69.6 cm³/mol. The lowest BCUT2D eigenvalue weighted by atomic mass is 10.0. The molecule has 16 heavy (non-hydrogen) atoms. The van der Waals surface area contributed by atoms with Crippen molar-refractivity contribution in [3.8, 4) is 0 Å². The van der Waals surface area contributed by atoms with Crippen molar-refractivity contribution >= 4 is 0 Å². The van der Waals surface area contributed by atoms with Crippen LogP contribution in [0, 0.1) is 6.92 Å². The minimum absolute atomic E-state index is 0.973. The van der Waals surface area contributed by atoms with Gasteiger partial charge >= 0.3 is 0 Å². The lowest BCUT2D eigenvalue weighted by molar-refractivity contribution is 1.11. The second kappa shape index (κ2) is 6.78. The highest BCUT2D eigenvalue weighted by Crippen LogP contribution is 2.11. The summed E-state index contributed by atoms with van der Waals surface area (Å²) < 4.78 is 0. The summed E-state index contributed by atoms with van der Waals surface area (Å²) in [4.78, 5) is 4.14. The van der Waals surface area contributed by atoms with Crippen molar-refractivity contribution in [3.63, 3.8) is 0 Å². The van der Waals surface area contributed by atoms with Crippen LogP contribution in [0.3, 0.4) is 0 Å². The Bertz CT molecular complexity index is 407. The summed E-state index contributed by atoms with van der Waals surface area (Å²) in [7, 11) is 0. The van der Waals surface area contributed by atoms with Gasteiger partial charge in [0.25, 0.3) is 0 Å². The van der Waals surface area contributed by atoms with Crippen molar-refractivity contribution in [2.75, 3.05) is 0 Å². The molecule has 84 valence electrons. The van der Waals surface area contributed by atoms with E-state index in [-0.39, 0.29) is 0 Å². The van der Waals surface area contributed by atoms with Gasteiger partial charge in [-0.05, 0) is 36.1 Å². The maximum absolute atomic E-state index is 4.14. The van der Waals surface area contributed by atoms with Crippen LogP contribution >= 0.6 is 0 Å². The molecule has 0 aliphatic heterocycles. The Kier molecular flexibility index (Phi) is 5.27. The molecule has 0 radical (unpaired) electrons. The van der Waals surface area contributed by atoms with Crippen LogP contribution in [-0.4, -0.2) is 4.98 Å². The zero-order chi connectivity index (χ0) is 11.8. The van der Waals surface area contributed by atoms with Crippen LogP contribution in [0.25, 0.3) is 0 Å². The third kappa shape index (κ3) is 3.50. The molecule has 1 heterocycles. The number of pyridine rings is 1. The van der Waals surface area contributed by atoms with Gasteiger partial charge in [-0.15, -0.1) is 0 Å². The van der Waals surface area contributed by atoms with Gasteiger partial charge in [0.1, 0.15) is 0 Å². The number of hydrogen-bond donors (Lipinski definition) is 0. The molecule has 2 rings (SSSR count). The molecule has 0 spiro atoms. The summed E-state index contributed by atoms with van der Waals surface area (Å²) in [6.45, 7) is 6.12. The zero-order valence-electron chi connectivity index (χ0n) is 10.3. The average Bonchev–Trinajstić information content (AvgIpc) is 2.36. The van der Waals surface area contributed by atoms with Gasteiger partial charge in [-0.25, -0.2) is 0 Å². The van der Waals surface area contributed by atoms with Crippen molar-refractivity contribution in [2.45, 2.75) is 27.2 Å². The fraction of sp³-hybridized carbons (Fsp3) is 0.267. The van der Waals surface area contributed by atoms with E-state index in [1.165, 1.54) is 16.7 Å². The number of benzene rings is 1. The summed E-state index contributed by atoms with van der Waals surface area (Å²) >= 11 is 0. The van der Waals surface area contributed by atoms with E-state index in [0.29, 0.717) is 0 Å². The summed E-state index contributed by atoms with van der Waals surface area (Å²) in [6, 6.07) is 12.5. The molecular weight excluding hydrogens is 194 g/mol. The van der Waals surface area contributed by atoms with Crippen LogP contribution in [0.4, 0.5) is 0 Å². The molecule has 0 aliphatic carbocycles. The van der Waals surface area contributed by atoms with E-state index in [0.717, 1.165) is 6.42 Å². The standard InChI is InChI=1S/C13H13N.C2H6/c1-11-7-8-14-10-13(11)9-12-5-3-2-4-6-12;1-2/h2-8,10H,9H2,1H3;1-2H3. The van der Waals surface area contributed by atoms with Crippen molar-refractivity contribution in [3.05, 3.63) is 65.5 Å². The zero-order valence-corrected chi connectivity index (χ0v) is 10.3. The first kappa shape index (κ1) is 12.4. The molecule has 0 N–H and O–H groups in total.